The van der Waals surface area contributed by atoms with Gasteiger partial charge in [0.05, 0.1) is 16.6 Å². The van der Waals surface area contributed by atoms with Crippen LogP contribution in [0.5, 0.6) is 0 Å². The van der Waals surface area contributed by atoms with Crippen LogP contribution in [0.4, 0.5) is 15.8 Å². The smallest absolute Gasteiger partial charge is 0.338 e. The van der Waals surface area contributed by atoms with Gasteiger partial charge in [-0.15, -0.1) is 0 Å². The van der Waals surface area contributed by atoms with Crippen molar-refractivity contribution in [2.45, 2.75) is 32.7 Å². The van der Waals surface area contributed by atoms with Crippen molar-refractivity contribution in [2.24, 2.45) is 0 Å². The fraction of sp³-hybridized carbons (Fsp3) is 0.417. The predicted octanol–water partition coefficient (Wildman–Crippen LogP) is 3.03. The highest BCUT2D eigenvalue weighted by atomic mass is 19.1. The Hall–Kier alpha value is -2.18. The van der Waals surface area contributed by atoms with Crippen LogP contribution in [0.25, 0.3) is 0 Å². The molecule has 0 heterocycles. The molecule has 0 unspecified atom stereocenters. The number of carbonyl (C=O) groups is 1. The van der Waals surface area contributed by atoms with Crippen LogP contribution in [0, 0.1) is 15.9 Å². The molecule has 104 valence electrons. The van der Waals surface area contributed by atoms with Crippen LogP contribution in [-0.2, 0) is 0 Å². The van der Waals surface area contributed by atoms with Crippen molar-refractivity contribution in [1.82, 2.24) is 0 Å². The minimum Gasteiger partial charge on any atom is -0.478 e. The van der Waals surface area contributed by atoms with Gasteiger partial charge >= 0.3 is 5.97 Å². The average Bonchev–Trinajstić information content (AvgIpc) is 2.36. The third-order valence-corrected chi connectivity index (χ3v) is 2.86. The molecule has 2 N–H and O–H groups in total. The molecule has 0 saturated carbocycles. The van der Waals surface area contributed by atoms with E-state index in [0.29, 0.717) is 18.9 Å². The number of nitro groups is 1. The zero-order chi connectivity index (χ0) is 14.6. The molecule has 7 heteroatoms. The van der Waals surface area contributed by atoms with Crippen LogP contribution in [0.3, 0.4) is 0 Å². The van der Waals surface area contributed by atoms with Gasteiger partial charge < -0.3 is 10.4 Å². The molecule has 0 spiro atoms. The molecule has 19 heavy (non-hydrogen) atoms. The molecule has 0 fully saturated rings. The Balaban J connectivity index is 3.29. The summed E-state index contributed by atoms with van der Waals surface area (Å²) in [6.07, 6.45) is 1.43. The standard InChI is InChI=1S/C12H15FN2O4/c1-3-7(4-2)14-10-5-8(12(16)17)9(13)6-11(10)15(18)19/h5-7,14H,3-4H2,1-2H3,(H,16,17). The van der Waals surface area contributed by atoms with Crippen molar-refractivity contribution in [3.63, 3.8) is 0 Å². The van der Waals surface area contributed by atoms with Crippen LogP contribution < -0.4 is 5.32 Å². The van der Waals surface area contributed by atoms with Gasteiger partial charge in [-0.05, 0) is 18.9 Å². The molecule has 1 aromatic rings. The first-order valence-corrected chi connectivity index (χ1v) is 5.88. The second-order valence-corrected chi connectivity index (χ2v) is 4.07. The zero-order valence-electron chi connectivity index (χ0n) is 10.6. The van der Waals surface area contributed by atoms with Gasteiger partial charge in [0.25, 0.3) is 5.69 Å². The third-order valence-electron chi connectivity index (χ3n) is 2.86. The van der Waals surface area contributed by atoms with Gasteiger partial charge in [-0.3, -0.25) is 10.1 Å². The maximum atomic E-state index is 13.4. The number of carboxylic acids is 1. The number of hydrogen-bond donors (Lipinski definition) is 2. The first kappa shape index (κ1) is 14.9. The van der Waals surface area contributed by atoms with Crippen molar-refractivity contribution < 1.29 is 19.2 Å². The average molecular weight is 270 g/mol. The Bertz CT molecular complexity index is 501. The van der Waals surface area contributed by atoms with Crippen LogP contribution in [0.2, 0.25) is 0 Å². The highest BCUT2D eigenvalue weighted by Crippen LogP contribution is 2.29. The second-order valence-electron chi connectivity index (χ2n) is 4.07. The first-order chi connectivity index (χ1) is 8.90. The van der Waals surface area contributed by atoms with E-state index >= 15 is 0 Å². The summed E-state index contributed by atoms with van der Waals surface area (Å²) in [6.45, 7) is 3.79. The van der Waals surface area contributed by atoms with Crippen LogP contribution in [0.15, 0.2) is 12.1 Å². The van der Waals surface area contributed by atoms with Gasteiger partial charge in [-0.2, -0.15) is 0 Å². The largest absolute Gasteiger partial charge is 0.478 e. The summed E-state index contributed by atoms with van der Waals surface area (Å²) in [7, 11) is 0. The lowest BCUT2D eigenvalue weighted by atomic mass is 10.1. The molecule has 1 rings (SSSR count). The van der Waals surface area contributed by atoms with Gasteiger partial charge in [0.2, 0.25) is 0 Å². The predicted molar refractivity (Wildman–Crippen MR) is 68.0 cm³/mol. The topological polar surface area (TPSA) is 92.5 Å². The number of nitro benzene ring substituents is 1. The summed E-state index contributed by atoms with van der Waals surface area (Å²) in [5.74, 6) is -2.57. The number of nitrogens with one attached hydrogen (secondary N) is 1. The van der Waals surface area contributed by atoms with Gasteiger partial charge in [0.1, 0.15) is 11.5 Å². The summed E-state index contributed by atoms with van der Waals surface area (Å²) in [5, 5.41) is 22.6. The van der Waals surface area contributed by atoms with E-state index in [2.05, 4.69) is 5.32 Å². The van der Waals surface area contributed by atoms with Crippen LogP contribution in [-0.4, -0.2) is 22.0 Å². The molecule has 0 radical (unpaired) electrons. The molecule has 0 aliphatic carbocycles. The minimum absolute atomic E-state index is 0.0255. The summed E-state index contributed by atoms with van der Waals surface area (Å²) < 4.78 is 13.4. The Labute approximate surface area is 109 Å². The number of anilines is 1. The zero-order valence-corrected chi connectivity index (χ0v) is 10.6. The highest BCUT2D eigenvalue weighted by molar-refractivity contribution is 5.90. The van der Waals surface area contributed by atoms with Crippen molar-refractivity contribution in [3.8, 4) is 0 Å². The quantitative estimate of drug-likeness (QED) is 0.612. The van der Waals surface area contributed by atoms with E-state index < -0.39 is 28.0 Å². The first-order valence-electron chi connectivity index (χ1n) is 5.88. The monoisotopic (exact) mass is 270 g/mol. The van der Waals surface area contributed by atoms with Gasteiger partial charge in [-0.1, -0.05) is 13.8 Å². The van der Waals surface area contributed by atoms with Gasteiger partial charge in [0.15, 0.2) is 0 Å². The number of nitrogens with zero attached hydrogens (tertiary/aromatic N) is 1. The van der Waals surface area contributed by atoms with Crippen LogP contribution >= 0.6 is 0 Å². The highest BCUT2D eigenvalue weighted by Gasteiger charge is 2.22. The number of hydrogen-bond acceptors (Lipinski definition) is 4. The van der Waals surface area contributed by atoms with E-state index in [0.717, 1.165) is 6.07 Å². The lowest BCUT2D eigenvalue weighted by Crippen LogP contribution is -2.18. The molecule has 0 aliphatic heterocycles. The summed E-state index contributed by atoms with van der Waals surface area (Å²) >= 11 is 0. The van der Waals surface area contributed by atoms with Crippen molar-refractivity contribution >= 4 is 17.3 Å². The number of aromatic carboxylic acids is 1. The number of carboxylic acid groups (broad SMARTS) is 1. The van der Waals surface area contributed by atoms with E-state index in [1.807, 2.05) is 13.8 Å². The Morgan fingerprint density at radius 2 is 2.05 bits per heavy atom. The van der Waals surface area contributed by atoms with Gasteiger partial charge in [0, 0.05) is 6.04 Å². The summed E-state index contributed by atoms with van der Waals surface area (Å²) in [4.78, 5) is 21.0. The van der Waals surface area contributed by atoms with E-state index in [1.165, 1.54) is 0 Å². The third kappa shape index (κ3) is 3.40. The van der Waals surface area contributed by atoms with Crippen molar-refractivity contribution in [2.75, 3.05) is 5.32 Å². The molecule has 0 amide bonds. The summed E-state index contributed by atoms with van der Waals surface area (Å²) in [5.41, 5.74) is -1.02. The number of benzene rings is 1. The number of halogens is 1. The van der Waals surface area contributed by atoms with Gasteiger partial charge in [-0.25, -0.2) is 9.18 Å². The molecule has 0 aromatic heterocycles. The second kappa shape index (κ2) is 6.12. The molecule has 0 aliphatic rings. The maximum Gasteiger partial charge on any atom is 0.338 e. The van der Waals surface area contributed by atoms with E-state index in [-0.39, 0.29) is 11.7 Å². The Kier molecular flexibility index (Phi) is 4.80. The molecular formula is C12H15FN2O4. The SMILES string of the molecule is CCC(CC)Nc1cc(C(=O)O)c(F)cc1[N+](=O)[O-]. The minimum atomic E-state index is -1.46. The fourth-order valence-electron chi connectivity index (χ4n) is 1.71. The number of rotatable bonds is 6. The molecule has 0 atom stereocenters. The maximum absolute atomic E-state index is 13.4. The molecular weight excluding hydrogens is 255 g/mol. The lowest BCUT2D eigenvalue weighted by molar-refractivity contribution is -0.384. The molecule has 0 bridgehead atoms. The van der Waals surface area contributed by atoms with E-state index in [1.54, 1.807) is 0 Å². The Morgan fingerprint density at radius 1 is 1.47 bits per heavy atom. The molecule has 0 saturated heterocycles. The Morgan fingerprint density at radius 3 is 2.47 bits per heavy atom. The summed E-state index contributed by atoms with van der Waals surface area (Å²) in [6, 6.07) is 1.56. The van der Waals surface area contributed by atoms with E-state index in [9.17, 15) is 19.3 Å². The fourth-order valence-corrected chi connectivity index (χ4v) is 1.71. The van der Waals surface area contributed by atoms with Crippen molar-refractivity contribution in [1.29, 1.82) is 0 Å². The normalized spacial score (nSPS) is 10.5. The van der Waals surface area contributed by atoms with Crippen LogP contribution in [0.1, 0.15) is 37.0 Å². The molecule has 6 nitrogen and oxygen atoms in total. The molecule has 1 aromatic carbocycles. The van der Waals surface area contributed by atoms with Crippen molar-refractivity contribution in [3.05, 3.63) is 33.6 Å². The van der Waals surface area contributed by atoms with E-state index in [4.69, 9.17) is 5.11 Å². The lowest BCUT2D eigenvalue weighted by Gasteiger charge is -2.16.